The number of nitrogens with one attached hydrogen (secondary N) is 1. The molecule has 6 heteroatoms. The number of anilines is 1. The second-order valence-corrected chi connectivity index (χ2v) is 7.23. The molecule has 2 aromatic rings. The van der Waals surface area contributed by atoms with Gasteiger partial charge < -0.3 is 15.3 Å². The fraction of sp³-hybridized carbons (Fsp3) is 0.318. The van der Waals surface area contributed by atoms with Gasteiger partial charge in [-0.2, -0.15) is 0 Å². The van der Waals surface area contributed by atoms with Gasteiger partial charge in [-0.1, -0.05) is 24.3 Å². The van der Waals surface area contributed by atoms with Crippen LogP contribution in [0.15, 0.2) is 42.5 Å². The van der Waals surface area contributed by atoms with Crippen molar-refractivity contribution >= 4 is 23.5 Å². The van der Waals surface area contributed by atoms with Crippen molar-refractivity contribution in [2.45, 2.75) is 26.7 Å². The molecule has 1 heterocycles. The van der Waals surface area contributed by atoms with Crippen LogP contribution >= 0.6 is 0 Å². The number of nitrogens with zero attached hydrogens (tertiary/aromatic N) is 1. The Morgan fingerprint density at radius 1 is 1.07 bits per heavy atom. The lowest BCUT2D eigenvalue weighted by Gasteiger charge is -2.32. The Morgan fingerprint density at radius 3 is 2.46 bits per heavy atom. The van der Waals surface area contributed by atoms with Crippen LogP contribution in [-0.4, -0.2) is 40.9 Å². The van der Waals surface area contributed by atoms with E-state index in [4.69, 9.17) is 0 Å². The lowest BCUT2D eigenvalue weighted by molar-refractivity contribution is -0.121. The molecule has 6 nitrogen and oxygen atoms in total. The molecule has 0 saturated carbocycles. The Hall–Kier alpha value is -3.15. The highest BCUT2D eigenvalue weighted by Crippen LogP contribution is 2.24. The second kappa shape index (κ2) is 8.25. The van der Waals surface area contributed by atoms with Crippen LogP contribution < -0.4 is 5.32 Å². The summed E-state index contributed by atoms with van der Waals surface area (Å²) in [5.41, 5.74) is 2.75. The van der Waals surface area contributed by atoms with Crippen molar-refractivity contribution in [3.8, 4) is 0 Å². The highest BCUT2D eigenvalue weighted by atomic mass is 16.4. The highest BCUT2D eigenvalue weighted by molar-refractivity contribution is 5.98. The summed E-state index contributed by atoms with van der Waals surface area (Å²) in [5.74, 6) is -1.60. The van der Waals surface area contributed by atoms with Crippen molar-refractivity contribution in [2.75, 3.05) is 18.4 Å². The number of carboxylic acid groups (broad SMARTS) is 1. The van der Waals surface area contributed by atoms with E-state index in [0.717, 1.165) is 12.0 Å². The molecule has 0 radical (unpaired) electrons. The molecule has 0 aromatic heterocycles. The van der Waals surface area contributed by atoms with Crippen LogP contribution in [0, 0.1) is 19.8 Å². The number of hydrogen-bond donors (Lipinski definition) is 2. The number of carboxylic acids is 1. The van der Waals surface area contributed by atoms with E-state index in [9.17, 15) is 19.5 Å². The molecule has 1 saturated heterocycles. The number of aromatic carboxylic acids is 1. The molecule has 3 rings (SSSR count). The third-order valence-corrected chi connectivity index (χ3v) is 5.16. The molecule has 146 valence electrons. The van der Waals surface area contributed by atoms with Crippen LogP contribution in [0.1, 0.15) is 44.7 Å². The molecule has 1 aliphatic heterocycles. The third kappa shape index (κ3) is 4.22. The molecule has 1 fully saturated rings. The Labute approximate surface area is 164 Å². The van der Waals surface area contributed by atoms with Gasteiger partial charge in [-0.15, -0.1) is 0 Å². The Bertz CT molecular complexity index is 908. The van der Waals surface area contributed by atoms with Gasteiger partial charge in [0, 0.05) is 24.3 Å². The molecule has 1 unspecified atom stereocenters. The number of carbonyl (C=O) groups is 3. The SMILES string of the molecule is Cc1cc(C)c(C(=O)O)cc1NC(=O)C1CCCN(C(=O)c2ccccc2)C1. The minimum Gasteiger partial charge on any atom is -0.478 e. The lowest BCUT2D eigenvalue weighted by Crippen LogP contribution is -2.43. The Morgan fingerprint density at radius 2 is 1.79 bits per heavy atom. The predicted molar refractivity (Wildman–Crippen MR) is 107 cm³/mol. The van der Waals surface area contributed by atoms with Crippen molar-refractivity contribution in [3.63, 3.8) is 0 Å². The first-order chi connectivity index (χ1) is 13.4. The Balaban J connectivity index is 1.72. The maximum absolute atomic E-state index is 12.8. The van der Waals surface area contributed by atoms with Gasteiger partial charge in [0.2, 0.25) is 5.91 Å². The standard InChI is InChI=1S/C22H24N2O4/c1-14-11-15(2)19(12-18(14)22(27)28)23-20(25)17-9-6-10-24(13-17)21(26)16-7-4-3-5-8-16/h3-5,7-8,11-12,17H,6,9-10,13H2,1-2H3,(H,23,25)(H,27,28). The molecular formula is C22H24N2O4. The fourth-order valence-corrected chi connectivity index (χ4v) is 3.59. The van der Waals surface area contributed by atoms with Gasteiger partial charge >= 0.3 is 5.97 Å². The van der Waals surface area contributed by atoms with Crippen LogP contribution in [-0.2, 0) is 4.79 Å². The molecule has 1 atom stereocenters. The zero-order chi connectivity index (χ0) is 20.3. The van der Waals surface area contributed by atoms with E-state index < -0.39 is 5.97 Å². The summed E-state index contributed by atoms with van der Waals surface area (Å²) in [5, 5.41) is 12.2. The summed E-state index contributed by atoms with van der Waals surface area (Å²) in [6.45, 7) is 4.55. The van der Waals surface area contributed by atoms with Crippen molar-refractivity contribution in [1.29, 1.82) is 0 Å². The van der Waals surface area contributed by atoms with Gasteiger partial charge in [-0.25, -0.2) is 4.79 Å². The molecule has 0 aliphatic carbocycles. The molecule has 1 aliphatic rings. The zero-order valence-electron chi connectivity index (χ0n) is 16.1. The van der Waals surface area contributed by atoms with E-state index in [1.165, 1.54) is 6.07 Å². The summed E-state index contributed by atoms with van der Waals surface area (Å²) in [7, 11) is 0. The van der Waals surface area contributed by atoms with Crippen LogP contribution in [0.2, 0.25) is 0 Å². The number of benzene rings is 2. The molecule has 2 aromatic carbocycles. The summed E-state index contributed by atoms with van der Waals surface area (Å²) >= 11 is 0. The first kappa shape index (κ1) is 19.6. The number of carbonyl (C=O) groups excluding carboxylic acids is 2. The molecule has 2 N–H and O–H groups in total. The Kier molecular flexibility index (Phi) is 5.78. The molecule has 28 heavy (non-hydrogen) atoms. The zero-order valence-corrected chi connectivity index (χ0v) is 16.1. The monoisotopic (exact) mass is 380 g/mol. The van der Waals surface area contributed by atoms with Crippen LogP contribution in [0.3, 0.4) is 0 Å². The van der Waals surface area contributed by atoms with Crippen LogP contribution in [0.4, 0.5) is 5.69 Å². The number of hydrogen-bond acceptors (Lipinski definition) is 3. The second-order valence-electron chi connectivity index (χ2n) is 7.23. The quantitative estimate of drug-likeness (QED) is 0.850. The van der Waals surface area contributed by atoms with E-state index in [-0.39, 0.29) is 23.3 Å². The summed E-state index contributed by atoms with van der Waals surface area (Å²) in [6.07, 6.45) is 1.45. The average Bonchev–Trinajstić information content (AvgIpc) is 2.69. The van der Waals surface area contributed by atoms with Crippen LogP contribution in [0.25, 0.3) is 0 Å². The van der Waals surface area contributed by atoms with E-state index in [1.54, 1.807) is 30.0 Å². The average molecular weight is 380 g/mol. The van der Waals surface area contributed by atoms with E-state index >= 15 is 0 Å². The number of likely N-dealkylation sites (tertiary alicyclic amines) is 1. The fourth-order valence-electron chi connectivity index (χ4n) is 3.59. The van der Waals surface area contributed by atoms with Crippen molar-refractivity contribution in [2.24, 2.45) is 5.92 Å². The van der Waals surface area contributed by atoms with E-state index in [2.05, 4.69) is 5.32 Å². The first-order valence-electron chi connectivity index (χ1n) is 9.36. The minimum atomic E-state index is -1.02. The van der Waals surface area contributed by atoms with Gasteiger partial charge in [0.1, 0.15) is 0 Å². The van der Waals surface area contributed by atoms with Gasteiger partial charge in [0.25, 0.3) is 5.91 Å². The third-order valence-electron chi connectivity index (χ3n) is 5.16. The van der Waals surface area contributed by atoms with Crippen molar-refractivity contribution in [3.05, 3.63) is 64.7 Å². The first-order valence-corrected chi connectivity index (χ1v) is 9.36. The largest absolute Gasteiger partial charge is 0.478 e. The summed E-state index contributed by atoms with van der Waals surface area (Å²) in [4.78, 5) is 38.5. The molecule has 0 spiro atoms. The van der Waals surface area contributed by atoms with E-state index in [1.807, 2.05) is 25.1 Å². The minimum absolute atomic E-state index is 0.0715. The smallest absolute Gasteiger partial charge is 0.336 e. The van der Waals surface area contributed by atoms with Gasteiger partial charge in [0.05, 0.1) is 11.5 Å². The van der Waals surface area contributed by atoms with E-state index in [0.29, 0.717) is 36.3 Å². The topological polar surface area (TPSA) is 86.7 Å². The van der Waals surface area contributed by atoms with Crippen molar-refractivity contribution < 1.29 is 19.5 Å². The number of piperidine rings is 1. The van der Waals surface area contributed by atoms with Crippen molar-refractivity contribution in [1.82, 2.24) is 4.90 Å². The molecular weight excluding hydrogens is 356 g/mol. The number of amides is 2. The van der Waals surface area contributed by atoms with Gasteiger partial charge in [-0.05, 0) is 56.0 Å². The van der Waals surface area contributed by atoms with Gasteiger partial charge in [0.15, 0.2) is 0 Å². The highest BCUT2D eigenvalue weighted by Gasteiger charge is 2.29. The maximum Gasteiger partial charge on any atom is 0.336 e. The molecule has 0 bridgehead atoms. The number of aryl methyl sites for hydroxylation is 2. The maximum atomic E-state index is 12.8. The summed E-state index contributed by atoms with van der Waals surface area (Å²) in [6, 6.07) is 12.3. The number of rotatable bonds is 4. The van der Waals surface area contributed by atoms with Gasteiger partial charge in [-0.3, -0.25) is 9.59 Å². The lowest BCUT2D eigenvalue weighted by atomic mass is 9.96. The van der Waals surface area contributed by atoms with Crippen LogP contribution in [0.5, 0.6) is 0 Å². The molecule has 2 amide bonds. The predicted octanol–water partition coefficient (Wildman–Crippen LogP) is 3.49. The summed E-state index contributed by atoms with van der Waals surface area (Å²) < 4.78 is 0. The normalized spacial score (nSPS) is 16.5.